The third-order valence-corrected chi connectivity index (χ3v) is 16.2. The van der Waals surface area contributed by atoms with E-state index in [-0.39, 0.29) is 49.3 Å². The lowest BCUT2D eigenvalue weighted by atomic mass is 9.82. The summed E-state index contributed by atoms with van der Waals surface area (Å²) in [6.45, 7) is 7.19. The molecule has 0 aromatic heterocycles. The van der Waals surface area contributed by atoms with E-state index in [1.807, 2.05) is 91.0 Å². The Hall–Kier alpha value is -5.30. The quantitative estimate of drug-likeness (QED) is 0.0572. The number of carbonyl (C=O) groups excluding carboxylic acids is 4. The van der Waals surface area contributed by atoms with Crippen LogP contribution in [-0.4, -0.2) is 82.3 Å². The molecular formula is C45H53N3O8Si. The maximum absolute atomic E-state index is 15.3. The summed E-state index contributed by atoms with van der Waals surface area (Å²) < 4.78 is 17.6. The number of esters is 1. The van der Waals surface area contributed by atoms with Gasteiger partial charge in [0.05, 0.1) is 47.1 Å². The monoisotopic (exact) mass is 791 g/mol. The second-order valence-electron chi connectivity index (χ2n) is 15.4. The second kappa shape index (κ2) is 17.9. The first-order valence-corrected chi connectivity index (χ1v) is 22.7. The zero-order valence-corrected chi connectivity index (χ0v) is 34.4. The van der Waals surface area contributed by atoms with E-state index in [0.717, 1.165) is 22.9 Å². The van der Waals surface area contributed by atoms with Gasteiger partial charge < -0.3 is 29.1 Å². The Balaban J connectivity index is 1.46. The topological polar surface area (TPSA) is 126 Å². The van der Waals surface area contributed by atoms with Crippen molar-refractivity contribution in [3.05, 3.63) is 114 Å². The predicted molar refractivity (Wildman–Crippen MR) is 222 cm³/mol. The molecule has 2 heterocycles. The van der Waals surface area contributed by atoms with Crippen molar-refractivity contribution in [1.82, 2.24) is 4.90 Å². The highest BCUT2D eigenvalue weighted by Crippen LogP contribution is 2.60. The van der Waals surface area contributed by atoms with E-state index in [2.05, 4.69) is 32.2 Å². The zero-order valence-electron chi connectivity index (χ0n) is 33.4. The van der Waals surface area contributed by atoms with Gasteiger partial charge in [0.1, 0.15) is 5.75 Å². The van der Waals surface area contributed by atoms with Crippen LogP contribution in [0.15, 0.2) is 103 Å². The van der Waals surface area contributed by atoms with Crippen LogP contribution < -0.4 is 19.7 Å². The SMILES string of the molecule is COC(=O)CCCCN1C(=O)[C@@]2(O[C@@H](CC(=O)N(CCO)Cc3ccccc3)[C@H]([Si](C)(C)c3ccc(OC)cc3)[C@H]2C)c2cc(N(C=O)c3ccccc3)ccc21. The smallest absolute Gasteiger partial charge is 0.305 e. The maximum Gasteiger partial charge on any atom is 0.305 e. The number of rotatable bonds is 17. The molecule has 0 bridgehead atoms. The number of hydrogen-bond donors (Lipinski definition) is 1. The maximum atomic E-state index is 15.3. The number of aliphatic hydroxyl groups excluding tert-OH is 1. The molecule has 4 aromatic rings. The molecule has 3 amide bonds. The molecule has 11 nitrogen and oxygen atoms in total. The van der Waals surface area contributed by atoms with Crippen LogP contribution in [0.25, 0.3) is 0 Å². The van der Waals surface area contributed by atoms with Gasteiger partial charge in [0.25, 0.3) is 5.91 Å². The first-order valence-electron chi connectivity index (χ1n) is 19.6. The number of aliphatic hydroxyl groups is 1. The van der Waals surface area contributed by atoms with Gasteiger partial charge in [-0.3, -0.25) is 24.1 Å². The van der Waals surface area contributed by atoms with Gasteiger partial charge in [0.15, 0.2) is 5.60 Å². The Morgan fingerprint density at radius 2 is 1.61 bits per heavy atom. The van der Waals surface area contributed by atoms with Crippen LogP contribution in [0, 0.1) is 5.92 Å². The van der Waals surface area contributed by atoms with Crippen LogP contribution in [0.2, 0.25) is 18.6 Å². The molecular weight excluding hydrogens is 739 g/mol. The van der Waals surface area contributed by atoms with Crippen molar-refractivity contribution in [2.75, 3.05) is 43.7 Å². The van der Waals surface area contributed by atoms with E-state index in [4.69, 9.17) is 14.2 Å². The molecule has 0 unspecified atom stereocenters. The minimum atomic E-state index is -2.60. The van der Waals surface area contributed by atoms with Crippen molar-refractivity contribution in [3.63, 3.8) is 0 Å². The number of nitrogens with zero attached hydrogens (tertiary/aromatic N) is 3. The average molecular weight is 792 g/mol. The molecule has 2 aliphatic heterocycles. The van der Waals surface area contributed by atoms with E-state index < -0.39 is 25.7 Å². The minimum Gasteiger partial charge on any atom is -0.497 e. The number of ether oxygens (including phenoxy) is 3. The second-order valence-corrected chi connectivity index (χ2v) is 20.1. The van der Waals surface area contributed by atoms with Crippen molar-refractivity contribution in [2.24, 2.45) is 5.92 Å². The zero-order chi connectivity index (χ0) is 40.7. The van der Waals surface area contributed by atoms with E-state index in [9.17, 15) is 19.5 Å². The fourth-order valence-electron chi connectivity index (χ4n) is 8.89. The minimum absolute atomic E-state index is 0.00207. The molecule has 300 valence electrons. The highest BCUT2D eigenvalue weighted by molar-refractivity contribution is 6.91. The number of anilines is 3. The van der Waals surface area contributed by atoms with Gasteiger partial charge in [0.2, 0.25) is 12.3 Å². The molecule has 0 radical (unpaired) electrons. The standard InChI is InChI=1S/C45H53N3O8Si/c1-32-43(57(4,5)37-22-20-36(54-2)21-23-37)40(29-41(51)46(26-27-49)30-33-14-8-6-9-15-33)56-45(32)38-28-35(48(31-50)34-16-10-7-11-17-34)19-24-39(38)47(44(45)53)25-13-12-18-42(52)55-3/h6-11,14-17,19-24,28,31-32,40,43,49H,12-13,18,25-27,29-30H2,1-5H3/t32-,40+,43-,45+/m1/s1. The van der Waals surface area contributed by atoms with Crippen molar-refractivity contribution in [1.29, 1.82) is 0 Å². The fourth-order valence-corrected chi connectivity index (χ4v) is 12.9. The van der Waals surface area contributed by atoms with Crippen LogP contribution in [0.5, 0.6) is 5.75 Å². The number of carbonyl (C=O) groups is 4. The van der Waals surface area contributed by atoms with Crippen LogP contribution in [0.4, 0.5) is 17.1 Å². The highest BCUT2D eigenvalue weighted by atomic mass is 28.3. The molecule has 6 rings (SSSR count). The van der Waals surface area contributed by atoms with Gasteiger partial charge in [-0.15, -0.1) is 0 Å². The van der Waals surface area contributed by atoms with Gasteiger partial charge in [-0.2, -0.15) is 0 Å². The molecule has 4 aromatic carbocycles. The van der Waals surface area contributed by atoms with E-state index in [0.29, 0.717) is 48.6 Å². The number of methoxy groups -OCH3 is 2. The van der Waals surface area contributed by atoms with Crippen LogP contribution in [-0.2, 0) is 40.8 Å². The van der Waals surface area contributed by atoms with Crippen LogP contribution >= 0.6 is 0 Å². The van der Waals surface area contributed by atoms with Crippen molar-refractivity contribution < 1.29 is 38.5 Å². The molecule has 1 fully saturated rings. The number of amides is 3. The summed E-state index contributed by atoms with van der Waals surface area (Å²) >= 11 is 0. The van der Waals surface area contributed by atoms with Crippen LogP contribution in [0.1, 0.15) is 43.7 Å². The lowest BCUT2D eigenvalue weighted by molar-refractivity contribution is -0.149. The Labute approximate surface area is 336 Å². The van der Waals surface area contributed by atoms with E-state index >= 15 is 4.79 Å². The molecule has 0 saturated carbocycles. The van der Waals surface area contributed by atoms with Crippen molar-refractivity contribution >= 4 is 54.5 Å². The van der Waals surface area contributed by atoms with Crippen molar-refractivity contribution in [2.45, 2.75) is 69.5 Å². The fraction of sp³-hybridized carbons (Fsp3) is 0.378. The van der Waals surface area contributed by atoms with Crippen molar-refractivity contribution in [3.8, 4) is 5.75 Å². The summed E-state index contributed by atoms with van der Waals surface area (Å²) in [4.78, 5) is 59.3. The highest BCUT2D eigenvalue weighted by Gasteiger charge is 2.66. The van der Waals surface area contributed by atoms with E-state index in [1.165, 1.54) is 7.11 Å². The summed E-state index contributed by atoms with van der Waals surface area (Å²) in [5, 5.41) is 11.2. The first kappa shape index (κ1) is 41.3. The van der Waals surface area contributed by atoms with Gasteiger partial charge in [0, 0.05) is 48.9 Å². The molecule has 1 saturated heterocycles. The summed E-state index contributed by atoms with van der Waals surface area (Å²) in [6.07, 6.45) is 1.40. The number of para-hydroxylation sites is 1. The molecule has 0 aliphatic carbocycles. The summed E-state index contributed by atoms with van der Waals surface area (Å²) in [6, 6.07) is 32.6. The third-order valence-electron chi connectivity index (χ3n) is 11.8. The average Bonchev–Trinajstić information content (AvgIpc) is 3.65. The number of hydrogen-bond acceptors (Lipinski definition) is 8. The lowest BCUT2D eigenvalue weighted by Crippen LogP contribution is -2.52. The molecule has 2 aliphatic rings. The lowest BCUT2D eigenvalue weighted by Gasteiger charge is -2.37. The number of fused-ring (bicyclic) bond motifs is 2. The summed E-state index contributed by atoms with van der Waals surface area (Å²) in [7, 11) is 0.390. The van der Waals surface area contributed by atoms with Gasteiger partial charge in [-0.25, -0.2) is 0 Å². The number of benzene rings is 4. The van der Waals surface area contributed by atoms with Gasteiger partial charge in [-0.1, -0.05) is 85.9 Å². The Bertz CT molecular complexity index is 2030. The normalized spacial score (nSPS) is 20.0. The number of unbranched alkanes of at least 4 members (excludes halogenated alkanes) is 1. The Kier molecular flexibility index (Phi) is 13.0. The Morgan fingerprint density at radius 1 is 0.930 bits per heavy atom. The molecule has 12 heteroatoms. The van der Waals surface area contributed by atoms with Crippen LogP contribution in [0.3, 0.4) is 0 Å². The molecule has 1 spiro atoms. The third kappa shape index (κ3) is 8.25. The summed E-state index contributed by atoms with van der Waals surface area (Å²) in [5.74, 6) is -0.384. The molecule has 1 N–H and O–H groups in total. The first-order chi connectivity index (χ1) is 27.5. The van der Waals surface area contributed by atoms with Gasteiger partial charge >= 0.3 is 5.97 Å². The van der Waals surface area contributed by atoms with Gasteiger partial charge in [-0.05, 0) is 66.4 Å². The predicted octanol–water partition coefficient (Wildman–Crippen LogP) is 6.31. The molecule has 57 heavy (non-hydrogen) atoms. The van der Waals surface area contributed by atoms with E-state index in [1.54, 1.807) is 21.8 Å². The largest absolute Gasteiger partial charge is 0.497 e. The Morgan fingerprint density at radius 3 is 2.25 bits per heavy atom. The summed E-state index contributed by atoms with van der Waals surface area (Å²) in [5.41, 5.74) is 1.80. The molecule has 4 atom stereocenters.